The molecule has 0 aliphatic rings. The lowest BCUT2D eigenvalue weighted by molar-refractivity contribution is 0.213. The highest BCUT2D eigenvalue weighted by Crippen LogP contribution is 2.29. The Hall–Kier alpha value is -1.35. The molecule has 0 fully saturated rings. The normalized spacial score (nSPS) is 12.4. The van der Waals surface area contributed by atoms with E-state index in [9.17, 15) is 10.2 Å². The highest BCUT2D eigenvalue weighted by molar-refractivity contribution is 6.31. The first-order valence-corrected chi connectivity index (χ1v) is 5.73. The summed E-state index contributed by atoms with van der Waals surface area (Å²) < 4.78 is 0. The fraction of sp³-hybridized carbons (Fsp3) is 0.143. The van der Waals surface area contributed by atoms with Crippen LogP contribution in [0.2, 0.25) is 5.02 Å². The van der Waals surface area contributed by atoms with Crippen molar-refractivity contribution in [2.24, 2.45) is 0 Å². The van der Waals surface area contributed by atoms with Crippen molar-refractivity contribution in [1.82, 2.24) is 0 Å². The monoisotopic (exact) mass is 248 g/mol. The number of aliphatic hydroxyl groups excluding tert-OH is 2. The fourth-order valence-corrected chi connectivity index (χ4v) is 2.05. The minimum Gasteiger partial charge on any atom is -0.392 e. The van der Waals surface area contributed by atoms with Crippen LogP contribution in [0.4, 0.5) is 0 Å². The molecule has 0 spiro atoms. The van der Waals surface area contributed by atoms with Crippen LogP contribution in [0.1, 0.15) is 22.8 Å². The number of hydrogen-bond acceptors (Lipinski definition) is 2. The van der Waals surface area contributed by atoms with Crippen molar-refractivity contribution >= 4 is 11.6 Å². The standard InChI is InChI=1S/C14H13ClO2/c15-13-8-4-3-7-12(13)14(17)11-6-2-1-5-10(11)9-16/h1-8,14,16-17H,9H2. The lowest BCUT2D eigenvalue weighted by atomic mass is 9.97. The van der Waals surface area contributed by atoms with Gasteiger partial charge < -0.3 is 10.2 Å². The molecule has 2 rings (SSSR count). The molecular weight excluding hydrogens is 236 g/mol. The number of benzene rings is 2. The van der Waals surface area contributed by atoms with Gasteiger partial charge in [-0.3, -0.25) is 0 Å². The van der Waals surface area contributed by atoms with Gasteiger partial charge in [0.1, 0.15) is 6.10 Å². The predicted octanol–water partition coefficient (Wildman–Crippen LogP) is 2.91. The van der Waals surface area contributed by atoms with Gasteiger partial charge in [-0.15, -0.1) is 0 Å². The van der Waals surface area contributed by atoms with Crippen molar-refractivity contribution < 1.29 is 10.2 Å². The summed E-state index contributed by atoms with van der Waals surface area (Å²) in [5, 5.41) is 20.0. The van der Waals surface area contributed by atoms with Gasteiger partial charge in [0, 0.05) is 10.6 Å². The predicted molar refractivity (Wildman–Crippen MR) is 67.9 cm³/mol. The summed E-state index contributed by atoms with van der Waals surface area (Å²) in [6, 6.07) is 14.4. The zero-order valence-electron chi connectivity index (χ0n) is 9.18. The van der Waals surface area contributed by atoms with E-state index in [1.165, 1.54) is 0 Å². The molecule has 0 amide bonds. The third-order valence-electron chi connectivity index (χ3n) is 2.72. The van der Waals surface area contributed by atoms with Gasteiger partial charge in [-0.25, -0.2) is 0 Å². The maximum Gasteiger partial charge on any atom is 0.106 e. The number of aliphatic hydroxyl groups is 2. The van der Waals surface area contributed by atoms with Crippen molar-refractivity contribution in [3.63, 3.8) is 0 Å². The molecule has 0 bridgehead atoms. The van der Waals surface area contributed by atoms with Crippen LogP contribution in [0.5, 0.6) is 0 Å². The first-order valence-electron chi connectivity index (χ1n) is 5.35. The first kappa shape index (κ1) is 12.1. The molecular formula is C14H13ClO2. The molecule has 2 aromatic carbocycles. The van der Waals surface area contributed by atoms with Crippen LogP contribution in [-0.2, 0) is 6.61 Å². The van der Waals surface area contributed by atoms with Crippen LogP contribution in [0.15, 0.2) is 48.5 Å². The minimum absolute atomic E-state index is 0.0995. The van der Waals surface area contributed by atoms with Gasteiger partial charge in [0.05, 0.1) is 6.61 Å². The van der Waals surface area contributed by atoms with E-state index in [0.29, 0.717) is 21.7 Å². The quantitative estimate of drug-likeness (QED) is 0.877. The van der Waals surface area contributed by atoms with Crippen LogP contribution in [0.3, 0.4) is 0 Å². The lowest BCUT2D eigenvalue weighted by Gasteiger charge is -2.16. The van der Waals surface area contributed by atoms with Crippen molar-refractivity contribution in [1.29, 1.82) is 0 Å². The Kier molecular flexibility index (Phi) is 3.79. The molecule has 0 saturated carbocycles. The van der Waals surface area contributed by atoms with E-state index < -0.39 is 6.10 Å². The Bertz CT molecular complexity index is 511. The molecule has 1 unspecified atom stereocenters. The zero-order chi connectivity index (χ0) is 12.3. The summed E-state index contributed by atoms with van der Waals surface area (Å²) in [5.41, 5.74) is 2.04. The largest absolute Gasteiger partial charge is 0.392 e. The number of rotatable bonds is 3. The zero-order valence-corrected chi connectivity index (χ0v) is 9.93. The van der Waals surface area contributed by atoms with E-state index in [-0.39, 0.29) is 6.61 Å². The highest BCUT2D eigenvalue weighted by Gasteiger charge is 2.15. The first-order chi connectivity index (χ1) is 8.24. The second kappa shape index (κ2) is 5.32. The second-order valence-corrected chi connectivity index (χ2v) is 4.19. The number of hydrogen-bond donors (Lipinski definition) is 2. The summed E-state index contributed by atoms with van der Waals surface area (Å²) >= 11 is 6.04. The molecule has 0 aliphatic heterocycles. The summed E-state index contributed by atoms with van der Waals surface area (Å²) in [5.74, 6) is 0. The van der Waals surface area contributed by atoms with Gasteiger partial charge in [-0.1, -0.05) is 54.1 Å². The molecule has 3 heteroatoms. The van der Waals surface area contributed by atoms with Gasteiger partial charge in [0.15, 0.2) is 0 Å². The SMILES string of the molecule is OCc1ccccc1C(O)c1ccccc1Cl. The molecule has 0 radical (unpaired) electrons. The molecule has 0 saturated heterocycles. The Labute approximate surface area is 105 Å². The Morgan fingerprint density at radius 3 is 2.18 bits per heavy atom. The molecule has 0 aromatic heterocycles. The van der Waals surface area contributed by atoms with E-state index in [1.807, 2.05) is 24.3 Å². The molecule has 88 valence electrons. The molecule has 2 nitrogen and oxygen atoms in total. The van der Waals surface area contributed by atoms with Crippen molar-refractivity contribution in [2.75, 3.05) is 0 Å². The molecule has 2 aromatic rings. The van der Waals surface area contributed by atoms with Gasteiger partial charge in [-0.2, -0.15) is 0 Å². The van der Waals surface area contributed by atoms with E-state index in [4.69, 9.17) is 11.6 Å². The summed E-state index contributed by atoms with van der Waals surface area (Å²) in [4.78, 5) is 0. The topological polar surface area (TPSA) is 40.5 Å². The molecule has 0 heterocycles. The smallest absolute Gasteiger partial charge is 0.106 e. The molecule has 1 atom stereocenters. The Morgan fingerprint density at radius 1 is 0.941 bits per heavy atom. The highest BCUT2D eigenvalue weighted by atomic mass is 35.5. The minimum atomic E-state index is -0.813. The van der Waals surface area contributed by atoms with Gasteiger partial charge in [0.2, 0.25) is 0 Å². The maximum atomic E-state index is 10.3. The van der Waals surface area contributed by atoms with E-state index in [1.54, 1.807) is 24.3 Å². The van der Waals surface area contributed by atoms with Crippen LogP contribution in [0, 0.1) is 0 Å². The van der Waals surface area contributed by atoms with Gasteiger partial charge in [0.25, 0.3) is 0 Å². The van der Waals surface area contributed by atoms with Crippen LogP contribution in [-0.4, -0.2) is 10.2 Å². The molecule has 0 aliphatic carbocycles. The average molecular weight is 249 g/mol. The van der Waals surface area contributed by atoms with Crippen molar-refractivity contribution in [2.45, 2.75) is 12.7 Å². The summed E-state index contributed by atoms with van der Waals surface area (Å²) in [7, 11) is 0. The van der Waals surface area contributed by atoms with Crippen LogP contribution in [0.25, 0.3) is 0 Å². The van der Waals surface area contributed by atoms with Crippen molar-refractivity contribution in [3.05, 3.63) is 70.2 Å². The Morgan fingerprint density at radius 2 is 1.53 bits per heavy atom. The summed E-state index contributed by atoms with van der Waals surface area (Å²) in [6.07, 6.45) is -0.813. The van der Waals surface area contributed by atoms with Gasteiger partial charge in [-0.05, 0) is 17.2 Å². The Balaban J connectivity index is 2.44. The van der Waals surface area contributed by atoms with E-state index in [0.717, 1.165) is 0 Å². The molecule has 2 N–H and O–H groups in total. The summed E-state index contributed by atoms with van der Waals surface area (Å²) in [6.45, 7) is -0.0995. The molecule has 17 heavy (non-hydrogen) atoms. The fourth-order valence-electron chi connectivity index (χ4n) is 1.81. The van der Waals surface area contributed by atoms with Gasteiger partial charge >= 0.3 is 0 Å². The van der Waals surface area contributed by atoms with Crippen molar-refractivity contribution in [3.8, 4) is 0 Å². The number of halogens is 1. The third-order valence-corrected chi connectivity index (χ3v) is 3.06. The van der Waals surface area contributed by atoms with Crippen LogP contribution >= 0.6 is 11.6 Å². The average Bonchev–Trinajstić information content (AvgIpc) is 2.38. The maximum absolute atomic E-state index is 10.3. The van der Waals surface area contributed by atoms with E-state index in [2.05, 4.69) is 0 Å². The van der Waals surface area contributed by atoms with Crippen LogP contribution < -0.4 is 0 Å². The third kappa shape index (κ3) is 2.50. The second-order valence-electron chi connectivity index (χ2n) is 3.78. The van der Waals surface area contributed by atoms with E-state index >= 15 is 0 Å². The lowest BCUT2D eigenvalue weighted by Crippen LogP contribution is -2.04.